The van der Waals surface area contributed by atoms with Gasteiger partial charge in [-0.15, -0.1) is 68.0 Å². The van der Waals surface area contributed by atoms with Gasteiger partial charge in [0.25, 0.3) is 0 Å². The van der Waals surface area contributed by atoms with Gasteiger partial charge >= 0.3 is 0 Å². The van der Waals surface area contributed by atoms with Crippen LogP contribution in [0, 0.1) is 0 Å². The molecule has 1 aliphatic carbocycles. The summed E-state index contributed by atoms with van der Waals surface area (Å²) in [6.07, 6.45) is 18.7. The number of nitrogens with zero attached hydrogens (tertiary/aromatic N) is 6. The number of aromatic nitrogens is 6. The summed E-state index contributed by atoms with van der Waals surface area (Å²) >= 11 is 10.1. The number of benzene rings is 3. The highest BCUT2D eigenvalue weighted by Crippen LogP contribution is 2.49. The van der Waals surface area contributed by atoms with Crippen LogP contribution in [0.15, 0.2) is 90.1 Å². The molecule has 3 amide bonds. The number of thiazole rings is 3. The topological polar surface area (TPSA) is 270 Å². The summed E-state index contributed by atoms with van der Waals surface area (Å²) in [6.45, 7) is 15.6. The fraction of sp³-hybridized carbons (Fsp3) is 0.413. The van der Waals surface area contributed by atoms with Crippen molar-refractivity contribution in [1.29, 1.82) is 0 Å². The summed E-state index contributed by atoms with van der Waals surface area (Å²) in [5.41, 5.74) is 17.2. The van der Waals surface area contributed by atoms with Gasteiger partial charge in [0.1, 0.15) is 36.3 Å². The number of anilines is 3. The Bertz CT molecular complexity index is 4730. The molecule has 28 heteroatoms. The first-order valence-corrected chi connectivity index (χ1v) is 40.3. The van der Waals surface area contributed by atoms with Gasteiger partial charge in [0.05, 0.1) is 62.9 Å². The molecule has 4 aliphatic rings. The molecule has 0 radical (unpaired) electrons. The van der Waals surface area contributed by atoms with E-state index in [2.05, 4.69) is 127 Å². The summed E-state index contributed by atoms with van der Waals surface area (Å²) in [4.78, 5) is 57.0. The number of thiophene rings is 3. The summed E-state index contributed by atoms with van der Waals surface area (Å²) in [6, 6.07) is 19.6. The Labute approximate surface area is 623 Å². The standard InChI is InChI=1S/C26H32N6O2S2.C26H32N4O2S2.C23H25N5O3S2/c1-16(2)32-15-18(13-29-32)17-4-5-21-20(12-17)30-25(35-21)24-19-6-8-28-14-22(19)36-26(24)31-23(33)7-9-27-10-11-34-3;1-32-14-13-27-12-10-23(31)30-26-24(19-9-11-28-16-22(19)34-26)25-29-20-8-7-18(15-21(20)33-25)17-5-3-2-4-6-17;1-30-9-8-24-7-5-20(29)28-23-21(16-4-6-25-12-19(16)33-23)22-27-17-3-2-14(10-18(17)32-22)15-11-26-31-13-15/h4-5,12-13,15-16,27-28H,6-11,14H2,1-3H3,(H,31,33);5,7-8,15,27-28H,2-4,6,9-14,16H2,1H3,(H,30,31);2-3,10-11,13,24-25H,4-9,12H2,1H3,(H,28,29). The average molecular weight is 1510 g/mol. The summed E-state index contributed by atoms with van der Waals surface area (Å²) in [7, 11) is 5.02. The van der Waals surface area contributed by atoms with E-state index in [1.54, 1.807) is 102 Å². The molecule has 3 aromatic carbocycles. The largest absolute Gasteiger partial charge is 0.383 e. The van der Waals surface area contributed by atoms with Crippen molar-refractivity contribution in [3.8, 4) is 54.0 Å². The first kappa shape index (κ1) is 73.9. The van der Waals surface area contributed by atoms with E-state index in [1.807, 2.05) is 23.0 Å². The molecule has 0 atom stereocenters. The minimum absolute atomic E-state index is 0.00331. The fourth-order valence-electron chi connectivity index (χ4n) is 12.9. The number of carbonyl (C=O) groups excluding carboxylic acids is 3. The maximum absolute atomic E-state index is 12.7. The smallest absolute Gasteiger partial charge is 0.226 e. The number of allylic oxidation sites excluding steroid dienone is 2. The van der Waals surface area contributed by atoms with E-state index < -0.39 is 0 Å². The van der Waals surface area contributed by atoms with E-state index in [4.69, 9.17) is 33.7 Å². The van der Waals surface area contributed by atoms with E-state index >= 15 is 0 Å². The van der Waals surface area contributed by atoms with Crippen LogP contribution in [0.2, 0.25) is 0 Å². The quantitative estimate of drug-likeness (QED) is 0.0206. The maximum Gasteiger partial charge on any atom is 0.226 e. The number of carbonyl (C=O) groups is 3. The van der Waals surface area contributed by atoms with E-state index in [0.29, 0.717) is 64.8 Å². The molecule has 542 valence electrons. The van der Waals surface area contributed by atoms with Gasteiger partial charge in [-0.25, -0.2) is 15.0 Å². The molecule has 3 aliphatic heterocycles. The van der Waals surface area contributed by atoms with Crippen LogP contribution in [0.5, 0.6) is 0 Å². The minimum Gasteiger partial charge on any atom is -0.383 e. The molecule has 103 heavy (non-hydrogen) atoms. The number of rotatable bonds is 28. The highest BCUT2D eigenvalue weighted by molar-refractivity contribution is 7.24. The first-order valence-electron chi connectivity index (χ1n) is 35.4. The Morgan fingerprint density at radius 3 is 1.44 bits per heavy atom. The lowest BCUT2D eigenvalue weighted by Gasteiger charge is -2.13. The van der Waals surface area contributed by atoms with Crippen LogP contribution in [-0.2, 0) is 67.5 Å². The van der Waals surface area contributed by atoms with Crippen molar-refractivity contribution in [2.75, 3.05) is 116 Å². The van der Waals surface area contributed by atoms with Crippen molar-refractivity contribution in [2.24, 2.45) is 0 Å². The minimum atomic E-state index is 0.00331. The van der Waals surface area contributed by atoms with Crippen LogP contribution in [0.1, 0.15) is 102 Å². The summed E-state index contributed by atoms with van der Waals surface area (Å²) in [5, 5.41) is 43.5. The van der Waals surface area contributed by atoms with Crippen LogP contribution in [0.3, 0.4) is 0 Å². The van der Waals surface area contributed by atoms with Gasteiger partial charge in [-0.3, -0.25) is 19.1 Å². The van der Waals surface area contributed by atoms with Gasteiger partial charge in [-0.2, -0.15) is 5.10 Å². The van der Waals surface area contributed by atoms with E-state index in [-0.39, 0.29) is 17.7 Å². The zero-order valence-electron chi connectivity index (χ0n) is 58.8. The van der Waals surface area contributed by atoms with Crippen LogP contribution >= 0.6 is 68.0 Å². The Hall–Kier alpha value is -7.36. The van der Waals surface area contributed by atoms with Crippen LogP contribution < -0.4 is 47.9 Å². The lowest BCUT2D eigenvalue weighted by molar-refractivity contribution is -0.116. The summed E-state index contributed by atoms with van der Waals surface area (Å²) in [5.74, 6) is 0.0484. The molecule has 15 rings (SSSR count). The molecule has 0 bridgehead atoms. The molecule has 0 unspecified atom stereocenters. The zero-order valence-corrected chi connectivity index (χ0v) is 63.7. The number of fused-ring (bicyclic) bond motifs is 6. The van der Waals surface area contributed by atoms with Crippen molar-refractivity contribution < 1.29 is 33.1 Å². The number of methoxy groups -OCH3 is 3. The Balaban J connectivity index is 0.000000138. The van der Waals surface area contributed by atoms with Gasteiger partial charge in [0.15, 0.2) is 0 Å². The molecule has 0 fully saturated rings. The molecule has 9 N–H and O–H groups in total. The van der Waals surface area contributed by atoms with Crippen LogP contribution in [0.4, 0.5) is 15.0 Å². The van der Waals surface area contributed by atoms with Crippen molar-refractivity contribution in [1.82, 2.24) is 61.8 Å². The van der Waals surface area contributed by atoms with Gasteiger partial charge < -0.3 is 66.6 Å². The van der Waals surface area contributed by atoms with Crippen molar-refractivity contribution >= 4 is 137 Å². The van der Waals surface area contributed by atoms with Crippen molar-refractivity contribution in [3.05, 3.63) is 122 Å². The molecular weight excluding hydrogens is 1420 g/mol. The zero-order chi connectivity index (χ0) is 71.0. The second kappa shape index (κ2) is 36.1. The highest BCUT2D eigenvalue weighted by atomic mass is 32.1. The van der Waals surface area contributed by atoms with E-state index in [1.165, 1.54) is 72.8 Å². The Morgan fingerprint density at radius 1 is 0.515 bits per heavy atom. The number of ether oxygens (including phenoxy) is 3. The molecule has 0 saturated carbocycles. The lowest BCUT2D eigenvalue weighted by Crippen LogP contribution is -2.24. The number of hydrogen-bond acceptors (Lipinski definition) is 24. The van der Waals surface area contributed by atoms with Crippen LogP contribution in [0.25, 0.3) is 90.2 Å². The molecule has 0 spiro atoms. The third-order valence-electron chi connectivity index (χ3n) is 18.3. The van der Waals surface area contributed by atoms with Gasteiger partial charge in [0.2, 0.25) is 17.7 Å². The molecule has 8 aromatic heterocycles. The molecule has 11 aromatic rings. The van der Waals surface area contributed by atoms with Gasteiger partial charge in [0, 0.05) is 154 Å². The molecule has 0 saturated heterocycles. The number of amides is 3. The first-order chi connectivity index (χ1) is 50.5. The maximum atomic E-state index is 12.7. The Morgan fingerprint density at radius 2 is 0.981 bits per heavy atom. The van der Waals surface area contributed by atoms with Gasteiger partial charge in [-0.1, -0.05) is 29.4 Å². The second-order valence-corrected chi connectivity index (χ2v) is 32.2. The Kier molecular flexibility index (Phi) is 25.9. The van der Waals surface area contributed by atoms with Crippen molar-refractivity contribution in [3.63, 3.8) is 0 Å². The predicted molar refractivity (Wildman–Crippen MR) is 423 cm³/mol. The van der Waals surface area contributed by atoms with E-state index in [9.17, 15) is 14.4 Å². The number of nitrogens with one attached hydrogen (secondary N) is 9. The second-order valence-electron chi connectivity index (χ2n) is 25.8. The normalized spacial score (nSPS) is 14.2. The van der Waals surface area contributed by atoms with Crippen LogP contribution in [-0.4, -0.2) is 148 Å². The van der Waals surface area contributed by atoms with E-state index in [0.717, 1.165) is 173 Å². The monoisotopic (exact) mass is 1500 g/mol. The third-order valence-corrected chi connectivity index (χ3v) is 24.8. The van der Waals surface area contributed by atoms with Crippen molar-refractivity contribution in [2.45, 2.75) is 104 Å². The molecular formula is C75H89N15O7S6. The fourth-order valence-corrected chi connectivity index (χ4v) is 20.0. The predicted octanol–water partition coefficient (Wildman–Crippen LogP) is 13.8. The lowest BCUT2D eigenvalue weighted by atomic mass is 9.94. The third kappa shape index (κ3) is 18.5. The average Bonchev–Trinajstić information content (AvgIpc) is 1.63. The SMILES string of the molecule is COCCNCCC(=O)Nc1sc2c(c1-c1nc3cc(-c4cnn(C(C)C)c4)ccc3s1)CCNC2.COCCNCCC(=O)Nc1sc2c(c1-c1nc3ccc(-c4cnoc4)cc3s1)CCNC2.COCCNCCC(=O)Nc1sc2c(c1-c1nc3ccc(C4=CCCCC4)cc3s1)CCNC2. The highest BCUT2D eigenvalue weighted by Gasteiger charge is 2.29. The van der Waals surface area contributed by atoms with Gasteiger partial charge in [-0.05, 0) is 154 Å². The summed E-state index contributed by atoms with van der Waals surface area (Å²) < 4.78 is 25.5. The number of hydrogen-bond donors (Lipinski definition) is 9. The molecule has 11 heterocycles. The molecule has 22 nitrogen and oxygen atoms in total.